The zero-order valence-electron chi connectivity index (χ0n) is 14.4. The number of ether oxygens (including phenoxy) is 1. The Balaban J connectivity index is 1.39. The summed E-state index contributed by atoms with van der Waals surface area (Å²) in [7, 11) is 0. The summed E-state index contributed by atoms with van der Waals surface area (Å²) in [4.78, 5) is 21.7. The van der Waals surface area contributed by atoms with Gasteiger partial charge in [0.2, 0.25) is 5.95 Å². The van der Waals surface area contributed by atoms with Crippen molar-refractivity contribution in [2.24, 2.45) is 5.73 Å². The molecule has 138 valence electrons. The molecule has 1 aromatic heterocycles. The van der Waals surface area contributed by atoms with E-state index >= 15 is 0 Å². The maximum Gasteiger partial charge on any atom is 0.267 e. The number of aromatic nitrogens is 2. The van der Waals surface area contributed by atoms with Crippen LogP contribution in [0.25, 0.3) is 0 Å². The Morgan fingerprint density at radius 1 is 1.27 bits per heavy atom. The van der Waals surface area contributed by atoms with Gasteiger partial charge in [-0.25, -0.2) is 14.4 Å². The van der Waals surface area contributed by atoms with Crippen LogP contribution < -0.4 is 15.8 Å². The number of nitrogens with zero attached hydrogens (tertiary/aromatic N) is 3. The number of likely N-dealkylation sites (tertiary alicyclic amines) is 1. The SMILES string of the molecule is NC(=O)c1ccnc(NC2CCN(CCOc3ccc(F)cc3)CC2)n1. The first-order chi connectivity index (χ1) is 12.6. The number of halogens is 1. The number of amides is 1. The van der Waals surface area contributed by atoms with E-state index in [9.17, 15) is 9.18 Å². The number of rotatable bonds is 7. The number of nitrogens with one attached hydrogen (secondary N) is 1. The number of anilines is 1. The Morgan fingerprint density at radius 3 is 2.69 bits per heavy atom. The lowest BCUT2D eigenvalue weighted by Crippen LogP contribution is -2.41. The number of piperidine rings is 1. The average molecular weight is 359 g/mol. The molecule has 2 heterocycles. The van der Waals surface area contributed by atoms with Gasteiger partial charge in [0.15, 0.2) is 0 Å². The first-order valence-electron chi connectivity index (χ1n) is 8.60. The summed E-state index contributed by atoms with van der Waals surface area (Å²) >= 11 is 0. The molecule has 2 aromatic rings. The highest BCUT2D eigenvalue weighted by Gasteiger charge is 2.20. The summed E-state index contributed by atoms with van der Waals surface area (Å²) in [5, 5.41) is 3.26. The Labute approximate surface area is 151 Å². The third kappa shape index (κ3) is 5.13. The van der Waals surface area contributed by atoms with Crippen LogP contribution in [-0.2, 0) is 0 Å². The molecule has 1 aromatic carbocycles. The van der Waals surface area contributed by atoms with E-state index in [1.54, 1.807) is 12.1 Å². The van der Waals surface area contributed by atoms with Crippen molar-refractivity contribution in [3.05, 3.63) is 48.0 Å². The number of hydrogen-bond donors (Lipinski definition) is 2. The summed E-state index contributed by atoms with van der Waals surface area (Å²) in [6.45, 7) is 3.24. The van der Waals surface area contributed by atoms with E-state index in [2.05, 4.69) is 20.2 Å². The smallest absolute Gasteiger partial charge is 0.267 e. The van der Waals surface area contributed by atoms with Gasteiger partial charge in [0.1, 0.15) is 23.9 Å². The van der Waals surface area contributed by atoms with Crippen molar-refractivity contribution in [2.75, 3.05) is 31.6 Å². The Hall–Kier alpha value is -2.74. The van der Waals surface area contributed by atoms with Gasteiger partial charge in [-0.2, -0.15) is 0 Å². The summed E-state index contributed by atoms with van der Waals surface area (Å²) in [5.74, 6) is 0.275. The molecular formula is C18H22FN5O2. The van der Waals surface area contributed by atoms with Gasteiger partial charge in [-0.1, -0.05) is 0 Å². The normalized spacial score (nSPS) is 15.6. The van der Waals surface area contributed by atoms with E-state index in [1.165, 1.54) is 24.4 Å². The molecule has 3 N–H and O–H groups in total. The van der Waals surface area contributed by atoms with Gasteiger partial charge in [0.05, 0.1) is 0 Å². The largest absolute Gasteiger partial charge is 0.492 e. The van der Waals surface area contributed by atoms with Crippen LogP contribution in [0, 0.1) is 5.82 Å². The van der Waals surface area contributed by atoms with Crippen LogP contribution in [0.5, 0.6) is 5.75 Å². The van der Waals surface area contributed by atoms with Gasteiger partial charge < -0.3 is 15.8 Å². The van der Waals surface area contributed by atoms with Crippen LogP contribution in [-0.4, -0.2) is 53.1 Å². The molecule has 0 unspecified atom stereocenters. The highest BCUT2D eigenvalue weighted by molar-refractivity contribution is 5.90. The molecule has 3 rings (SSSR count). The van der Waals surface area contributed by atoms with Crippen LogP contribution in [0.15, 0.2) is 36.5 Å². The van der Waals surface area contributed by atoms with E-state index < -0.39 is 5.91 Å². The Morgan fingerprint density at radius 2 is 2.00 bits per heavy atom. The van der Waals surface area contributed by atoms with Crippen LogP contribution in [0.4, 0.5) is 10.3 Å². The third-order valence-electron chi connectivity index (χ3n) is 4.32. The first kappa shape index (κ1) is 18.1. The lowest BCUT2D eigenvalue weighted by molar-refractivity contribution is 0.0995. The second-order valence-electron chi connectivity index (χ2n) is 6.19. The predicted octanol–water partition coefficient (Wildman–Crippen LogP) is 1.67. The van der Waals surface area contributed by atoms with Crippen molar-refractivity contribution in [1.82, 2.24) is 14.9 Å². The van der Waals surface area contributed by atoms with Crippen molar-refractivity contribution in [1.29, 1.82) is 0 Å². The highest BCUT2D eigenvalue weighted by atomic mass is 19.1. The Bertz CT molecular complexity index is 733. The average Bonchev–Trinajstić information content (AvgIpc) is 2.65. The van der Waals surface area contributed by atoms with Crippen molar-refractivity contribution in [3.8, 4) is 5.75 Å². The van der Waals surface area contributed by atoms with Crippen molar-refractivity contribution < 1.29 is 13.9 Å². The zero-order chi connectivity index (χ0) is 18.4. The highest BCUT2D eigenvalue weighted by Crippen LogP contribution is 2.15. The molecule has 0 saturated carbocycles. The summed E-state index contributed by atoms with van der Waals surface area (Å²) < 4.78 is 18.5. The molecule has 26 heavy (non-hydrogen) atoms. The van der Waals surface area contributed by atoms with E-state index in [0.29, 0.717) is 18.3 Å². The molecule has 1 saturated heterocycles. The maximum atomic E-state index is 12.9. The summed E-state index contributed by atoms with van der Waals surface area (Å²) in [5.41, 5.74) is 5.44. The quantitative estimate of drug-likeness (QED) is 0.781. The lowest BCUT2D eigenvalue weighted by atomic mass is 10.1. The minimum Gasteiger partial charge on any atom is -0.492 e. The fourth-order valence-electron chi connectivity index (χ4n) is 2.87. The fraction of sp³-hybridized carbons (Fsp3) is 0.389. The van der Waals surface area contributed by atoms with Crippen LogP contribution in [0.3, 0.4) is 0 Å². The minimum atomic E-state index is -0.563. The van der Waals surface area contributed by atoms with Crippen LogP contribution in [0.2, 0.25) is 0 Å². The number of carbonyl (C=O) groups is 1. The van der Waals surface area contributed by atoms with Gasteiger partial charge in [0, 0.05) is 31.9 Å². The molecule has 0 radical (unpaired) electrons. The first-order valence-corrected chi connectivity index (χ1v) is 8.60. The van der Waals surface area contributed by atoms with E-state index in [-0.39, 0.29) is 17.6 Å². The van der Waals surface area contributed by atoms with E-state index in [0.717, 1.165) is 32.5 Å². The minimum absolute atomic E-state index is 0.206. The Kier molecular flexibility index (Phi) is 5.96. The van der Waals surface area contributed by atoms with Gasteiger partial charge in [-0.3, -0.25) is 9.69 Å². The van der Waals surface area contributed by atoms with Gasteiger partial charge in [0.25, 0.3) is 5.91 Å². The summed E-state index contributed by atoms with van der Waals surface area (Å²) in [6.07, 6.45) is 3.42. The van der Waals surface area contributed by atoms with Crippen LogP contribution >= 0.6 is 0 Å². The van der Waals surface area contributed by atoms with Crippen molar-refractivity contribution >= 4 is 11.9 Å². The van der Waals surface area contributed by atoms with E-state index in [1.807, 2.05) is 0 Å². The molecule has 1 fully saturated rings. The topological polar surface area (TPSA) is 93.4 Å². The molecular weight excluding hydrogens is 337 g/mol. The number of carbonyl (C=O) groups excluding carboxylic acids is 1. The summed E-state index contributed by atoms with van der Waals surface area (Å²) in [6, 6.07) is 7.80. The molecule has 0 aliphatic carbocycles. The number of nitrogens with two attached hydrogens (primary N) is 1. The fourth-order valence-corrected chi connectivity index (χ4v) is 2.87. The van der Waals surface area contributed by atoms with Crippen LogP contribution in [0.1, 0.15) is 23.3 Å². The van der Waals surface area contributed by atoms with Gasteiger partial charge in [-0.15, -0.1) is 0 Å². The van der Waals surface area contributed by atoms with Gasteiger partial charge in [-0.05, 0) is 43.2 Å². The number of hydrogen-bond acceptors (Lipinski definition) is 6. The number of primary amides is 1. The maximum absolute atomic E-state index is 12.9. The second kappa shape index (κ2) is 8.57. The molecule has 1 amide bonds. The third-order valence-corrected chi connectivity index (χ3v) is 4.32. The van der Waals surface area contributed by atoms with E-state index in [4.69, 9.17) is 10.5 Å². The standard InChI is InChI=1S/C18H22FN5O2/c19-13-1-3-15(4-2-13)26-12-11-24-9-6-14(7-10-24)22-18-21-8-5-16(23-18)17(20)25/h1-5,8,14H,6-7,9-12H2,(H2,20,25)(H,21,22,23). The molecule has 8 heteroatoms. The molecule has 1 aliphatic rings. The predicted molar refractivity (Wildman–Crippen MR) is 95.5 cm³/mol. The molecule has 1 aliphatic heterocycles. The monoisotopic (exact) mass is 359 g/mol. The molecule has 0 bridgehead atoms. The van der Waals surface area contributed by atoms with Crippen molar-refractivity contribution in [2.45, 2.75) is 18.9 Å². The zero-order valence-corrected chi connectivity index (χ0v) is 14.4. The lowest BCUT2D eigenvalue weighted by Gasteiger charge is -2.32. The van der Waals surface area contributed by atoms with Gasteiger partial charge >= 0.3 is 0 Å². The molecule has 0 atom stereocenters. The number of benzene rings is 1. The second-order valence-corrected chi connectivity index (χ2v) is 6.19. The molecule has 0 spiro atoms. The van der Waals surface area contributed by atoms with Crippen molar-refractivity contribution in [3.63, 3.8) is 0 Å². The molecule has 7 nitrogen and oxygen atoms in total.